The topological polar surface area (TPSA) is 56.1 Å². The molecule has 0 atom stereocenters. The third-order valence-corrected chi connectivity index (χ3v) is 3.53. The average molecular weight is 307 g/mol. The van der Waals surface area contributed by atoms with Gasteiger partial charge in [-0.15, -0.1) is 0 Å². The normalized spacial score (nSPS) is 10.3. The van der Waals surface area contributed by atoms with Crippen LogP contribution in [-0.2, 0) is 7.05 Å². The highest BCUT2D eigenvalue weighted by molar-refractivity contribution is 6.03. The van der Waals surface area contributed by atoms with Gasteiger partial charge in [0.05, 0.1) is 12.8 Å². The average Bonchev–Trinajstić information content (AvgIpc) is 2.98. The molecule has 1 heterocycles. The fourth-order valence-corrected chi connectivity index (χ4v) is 2.33. The number of ether oxygens (including phenoxy) is 1. The van der Waals surface area contributed by atoms with Crippen molar-refractivity contribution in [1.82, 2.24) is 9.78 Å². The maximum atomic E-state index is 12.3. The molecule has 1 aromatic heterocycles. The molecular weight excluding hydrogens is 290 g/mol. The number of nitrogens with one attached hydrogen (secondary N) is 1. The minimum atomic E-state index is -0.230. The van der Waals surface area contributed by atoms with Crippen LogP contribution < -0.4 is 10.1 Å². The fourth-order valence-electron chi connectivity index (χ4n) is 2.33. The van der Waals surface area contributed by atoms with Gasteiger partial charge >= 0.3 is 0 Å². The Hall–Kier alpha value is -3.08. The Bertz CT molecular complexity index is 808. The first-order chi connectivity index (χ1) is 11.2. The van der Waals surface area contributed by atoms with Gasteiger partial charge in [0.2, 0.25) is 0 Å². The largest absolute Gasteiger partial charge is 0.497 e. The number of hydrogen-bond donors (Lipinski definition) is 1. The Morgan fingerprint density at radius 3 is 2.43 bits per heavy atom. The van der Waals surface area contributed by atoms with Crippen LogP contribution >= 0.6 is 0 Å². The van der Waals surface area contributed by atoms with Crippen molar-refractivity contribution in [2.75, 3.05) is 12.4 Å². The molecule has 0 aliphatic carbocycles. The summed E-state index contributed by atoms with van der Waals surface area (Å²) in [6.07, 6.45) is 0. The van der Waals surface area contributed by atoms with Gasteiger partial charge in [0, 0.05) is 18.3 Å². The van der Waals surface area contributed by atoms with Crippen molar-refractivity contribution in [3.05, 3.63) is 66.4 Å². The van der Waals surface area contributed by atoms with Crippen LogP contribution in [0.5, 0.6) is 5.75 Å². The predicted molar refractivity (Wildman–Crippen MR) is 89.6 cm³/mol. The van der Waals surface area contributed by atoms with Crippen LogP contribution in [0.3, 0.4) is 0 Å². The highest BCUT2D eigenvalue weighted by Gasteiger charge is 2.14. The maximum absolute atomic E-state index is 12.3. The quantitative estimate of drug-likeness (QED) is 0.804. The van der Waals surface area contributed by atoms with Crippen LogP contribution in [0.1, 0.15) is 10.5 Å². The number of rotatable bonds is 4. The van der Waals surface area contributed by atoms with E-state index < -0.39 is 0 Å². The van der Waals surface area contributed by atoms with Crippen LogP contribution in [0.4, 0.5) is 5.69 Å². The number of nitrogens with zero attached hydrogens (tertiary/aromatic N) is 2. The molecule has 1 N–H and O–H groups in total. The third-order valence-electron chi connectivity index (χ3n) is 3.53. The summed E-state index contributed by atoms with van der Waals surface area (Å²) in [5.74, 6) is 0.560. The Morgan fingerprint density at radius 1 is 1.09 bits per heavy atom. The molecular formula is C18H17N3O2. The molecule has 5 nitrogen and oxygen atoms in total. The van der Waals surface area contributed by atoms with E-state index in [-0.39, 0.29) is 5.91 Å². The molecule has 0 saturated carbocycles. The summed E-state index contributed by atoms with van der Waals surface area (Å²) in [4.78, 5) is 12.3. The van der Waals surface area contributed by atoms with Crippen molar-refractivity contribution in [1.29, 1.82) is 0 Å². The number of carbonyl (C=O) groups excluding carboxylic acids is 1. The number of anilines is 1. The number of aryl methyl sites for hydroxylation is 1. The van der Waals surface area contributed by atoms with Gasteiger partial charge < -0.3 is 10.1 Å². The van der Waals surface area contributed by atoms with Crippen molar-refractivity contribution >= 4 is 11.6 Å². The molecule has 5 heteroatoms. The van der Waals surface area contributed by atoms with Crippen molar-refractivity contribution in [3.63, 3.8) is 0 Å². The van der Waals surface area contributed by atoms with Crippen LogP contribution in [0.15, 0.2) is 60.7 Å². The van der Waals surface area contributed by atoms with E-state index in [1.54, 1.807) is 17.9 Å². The van der Waals surface area contributed by atoms with E-state index in [2.05, 4.69) is 10.4 Å². The van der Waals surface area contributed by atoms with Crippen LogP contribution in [0.25, 0.3) is 11.3 Å². The number of aromatic nitrogens is 2. The van der Waals surface area contributed by atoms with Crippen molar-refractivity contribution in [3.8, 4) is 17.0 Å². The zero-order chi connectivity index (χ0) is 16.2. The summed E-state index contributed by atoms with van der Waals surface area (Å²) in [5.41, 5.74) is 2.96. The SMILES string of the molecule is COc1ccc(-c2cc(C(=O)Nc3ccccc3)nn2C)cc1. The van der Waals surface area contributed by atoms with E-state index in [0.29, 0.717) is 5.69 Å². The summed E-state index contributed by atoms with van der Waals surface area (Å²) in [6.45, 7) is 0. The second kappa shape index (κ2) is 6.36. The first-order valence-electron chi connectivity index (χ1n) is 7.22. The fraction of sp³-hybridized carbons (Fsp3) is 0.111. The van der Waals surface area contributed by atoms with Crippen LogP contribution in [0, 0.1) is 0 Å². The van der Waals surface area contributed by atoms with Gasteiger partial charge in [-0.25, -0.2) is 0 Å². The molecule has 0 spiro atoms. The molecule has 0 aliphatic rings. The Kier molecular flexibility index (Phi) is 4.10. The zero-order valence-corrected chi connectivity index (χ0v) is 13.0. The van der Waals surface area contributed by atoms with Crippen molar-refractivity contribution < 1.29 is 9.53 Å². The lowest BCUT2D eigenvalue weighted by Gasteiger charge is -2.03. The molecule has 0 fully saturated rings. The smallest absolute Gasteiger partial charge is 0.276 e. The molecule has 3 aromatic rings. The second-order valence-corrected chi connectivity index (χ2v) is 5.09. The molecule has 2 aromatic carbocycles. The molecule has 3 rings (SSSR count). The highest BCUT2D eigenvalue weighted by atomic mass is 16.5. The van der Waals surface area contributed by atoms with Gasteiger partial charge in [-0.3, -0.25) is 9.48 Å². The van der Waals surface area contributed by atoms with Crippen molar-refractivity contribution in [2.24, 2.45) is 7.05 Å². The standard InChI is InChI=1S/C18H17N3O2/c1-21-17(13-8-10-15(23-2)11-9-13)12-16(20-21)18(22)19-14-6-4-3-5-7-14/h3-12H,1-2H3,(H,19,22). The molecule has 0 saturated heterocycles. The highest BCUT2D eigenvalue weighted by Crippen LogP contribution is 2.23. The summed E-state index contributed by atoms with van der Waals surface area (Å²) in [6, 6.07) is 18.7. The molecule has 0 bridgehead atoms. The maximum Gasteiger partial charge on any atom is 0.276 e. The lowest BCUT2D eigenvalue weighted by atomic mass is 10.1. The van der Waals surface area contributed by atoms with E-state index in [1.165, 1.54) is 0 Å². The summed E-state index contributed by atoms with van der Waals surface area (Å²) in [5, 5.41) is 7.13. The lowest BCUT2D eigenvalue weighted by molar-refractivity contribution is 0.102. The van der Waals surface area contributed by atoms with E-state index in [1.807, 2.05) is 61.6 Å². The van der Waals surface area contributed by atoms with Crippen LogP contribution in [0.2, 0.25) is 0 Å². The zero-order valence-electron chi connectivity index (χ0n) is 13.0. The Labute approximate surface area is 134 Å². The van der Waals surface area contributed by atoms with E-state index in [9.17, 15) is 4.79 Å². The van der Waals surface area contributed by atoms with Gasteiger partial charge in [0.25, 0.3) is 5.91 Å². The number of methoxy groups -OCH3 is 1. The monoisotopic (exact) mass is 307 g/mol. The lowest BCUT2D eigenvalue weighted by Crippen LogP contribution is -2.12. The van der Waals surface area contributed by atoms with E-state index in [0.717, 1.165) is 22.7 Å². The van der Waals surface area contributed by atoms with E-state index >= 15 is 0 Å². The summed E-state index contributed by atoms with van der Waals surface area (Å²) < 4.78 is 6.85. The summed E-state index contributed by atoms with van der Waals surface area (Å²) in [7, 11) is 3.45. The van der Waals surface area contributed by atoms with Gasteiger partial charge in [-0.05, 0) is 42.5 Å². The molecule has 116 valence electrons. The first kappa shape index (κ1) is 14.8. The molecule has 0 radical (unpaired) electrons. The number of para-hydroxylation sites is 1. The summed E-state index contributed by atoms with van der Waals surface area (Å²) >= 11 is 0. The Morgan fingerprint density at radius 2 is 1.78 bits per heavy atom. The number of hydrogen-bond acceptors (Lipinski definition) is 3. The van der Waals surface area contributed by atoms with E-state index in [4.69, 9.17) is 4.74 Å². The third kappa shape index (κ3) is 3.23. The molecule has 23 heavy (non-hydrogen) atoms. The number of carbonyl (C=O) groups is 1. The van der Waals surface area contributed by atoms with Crippen molar-refractivity contribution in [2.45, 2.75) is 0 Å². The predicted octanol–water partition coefficient (Wildman–Crippen LogP) is 3.35. The number of benzene rings is 2. The molecule has 0 unspecified atom stereocenters. The minimum Gasteiger partial charge on any atom is -0.497 e. The first-order valence-corrected chi connectivity index (χ1v) is 7.22. The molecule has 0 aliphatic heterocycles. The Balaban J connectivity index is 1.83. The van der Waals surface area contributed by atoms with Gasteiger partial charge in [-0.2, -0.15) is 5.10 Å². The minimum absolute atomic E-state index is 0.230. The van der Waals surface area contributed by atoms with Crippen LogP contribution in [-0.4, -0.2) is 22.8 Å². The molecule has 1 amide bonds. The number of amides is 1. The van der Waals surface area contributed by atoms with Gasteiger partial charge in [0.1, 0.15) is 5.75 Å². The van der Waals surface area contributed by atoms with Gasteiger partial charge in [-0.1, -0.05) is 18.2 Å². The van der Waals surface area contributed by atoms with Gasteiger partial charge in [0.15, 0.2) is 5.69 Å². The second-order valence-electron chi connectivity index (χ2n) is 5.09.